The van der Waals surface area contributed by atoms with Gasteiger partial charge in [0.05, 0.1) is 12.1 Å². The molecular weight excluding hydrogens is 375 g/mol. The second-order valence-corrected chi connectivity index (χ2v) is 9.53. The van der Waals surface area contributed by atoms with E-state index in [4.69, 9.17) is 5.73 Å². The Balaban J connectivity index is 1.46. The van der Waals surface area contributed by atoms with E-state index < -0.39 is 17.3 Å². The van der Waals surface area contributed by atoms with Crippen molar-refractivity contribution in [1.29, 1.82) is 0 Å². The minimum atomic E-state index is -0.931. The Morgan fingerprint density at radius 2 is 2.00 bits per heavy atom. The number of carbonyl (C=O) groups is 2. The summed E-state index contributed by atoms with van der Waals surface area (Å²) in [6.07, 6.45) is 5.69. The van der Waals surface area contributed by atoms with E-state index in [2.05, 4.69) is 10.3 Å². The summed E-state index contributed by atoms with van der Waals surface area (Å²) in [6, 6.07) is 2.46. The first kappa shape index (κ1) is 18.6. The molecular formula is C21H27FN4O3. The summed E-state index contributed by atoms with van der Waals surface area (Å²) in [5.41, 5.74) is 5.40. The SMILES string of the molecule is NC(=O)C12CC3C[C@H](C1)C(C1C(Nc4ncccc4F)CCN1C(=O)O)[C@@H](C3)C2. The fourth-order valence-electron chi connectivity index (χ4n) is 7.26. The number of halogens is 1. The van der Waals surface area contributed by atoms with E-state index in [9.17, 15) is 19.1 Å². The maximum absolute atomic E-state index is 14.2. The number of nitrogens with two attached hydrogens (primary N) is 1. The number of anilines is 1. The lowest BCUT2D eigenvalue weighted by atomic mass is 9.44. The van der Waals surface area contributed by atoms with Crippen LogP contribution in [0, 0.1) is 34.9 Å². The third-order valence-electron chi connectivity index (χ3n) is 8.04. The van der Waals surface area contributed by atoms with Crippen LogP contribution < -0.4 is 11.1 Å². The first-order valence-corrected chi connectivity index (χ1v) is 10.5. The minimum Gasteiger partial charge on any atom is -0.465 e. The largest absolute Gasteiger partial charge is 0.465 e. The summed E-state index contributed by atoms with van der Waals surface area (Å²) in [5, 5.41) is 13.1. The van der Waals surface area contributed by atoms with E-state index in [1.807, 2.05) is 0 Å². The third kappa shape index (κ3) is 2.87. The highest BCUT2D eigenvalue weighted by atomic mass is 19.1. The van der Waals surface area contributed by atoms with E-state index in [0.29, 0.717) is 18.9 Å². The Bertz CT molecular complexity index is 833. The van der Waals surface area contributed by atoms with Crippen LogP contribution in [0.3, 0.4) is 0 Å². The van der Waals surface area contributed by atoms with Crippen molar-refractivity contribution in [1.82, 2.24) is 9.88 Å². The summed E-state index contributed by atoms with van der Waals surface area (Å²) in [5.74, 6) is 0.803. The second kappa shape index (κ2) is 6.57. The Labute approximate surface area is 168 Å². The number of carboxylic acid groups (broad SMARTS) is 1. The van der Waals surface area contributed by atoms with Gasteiger partial charge in [0.1, 0.15) is 0 Å². The number of hydrogen-bond acceptors (Lipinski definition) is 4. The molecule has 156 valence electrons. The monoisotopic (exact) mass is 402 g/mol. The molecule has 5 fully saturated rings. The topological polar surface area (TPSA) is 109 Å². The second-order valence-electron chi connectivity index (χ2n) is 9.53. The van der Waals surface area contributed by atoms with E-state index in [1.54, 1.807) is 0 Å². The minimum absolute atomic E-state index is 0.168. The van der Waals surface area contributed by atoms with E-state index >= 15 is 0 Å². The average molecular weight is 402 g/mol. The lowest BCUT2D eigenvalue weighted by Crippen LogP contribution is -2.61. The predicted molar refractivity (Wildman–Crippen MR) is 103 cm³/mol. The van der Waals surface area contributed by atoms with Gasteiger partial charge >= 0.3 is 6.09 Å². The first-order chi connectivity index (χ1) is 13.9. The summed E-state index contributed by atoms with van der Waals surface area (Å²) < 4.78 is 14.2. The highest BCUT2D eigenvalue weighted by Gasteiger charge is 2.61. The van der Waals surface area contributed by atoms with Crippen molar-refractivity contribution in [3.63, 3.8) is 0 Å². The number of aromatic nitrogens is 1. The van der Waals surface area contributed by atoms with Crippen LogP contribution in [0.4, 0.5) is 15.0 Å². The molecule has 6 rings (SSSR count). The van der Waals surface area contributed by atoms with Crippen molar-refractivity contribution >= 4 is 17.8 Å². The number of likely N-dealkylation sites (tertiary alicyclic amines) is 1. The number of rotatable bonds is 4. The molecule has 4 aliphatic carbocycles. The molecule has 0 spiro atoms. The Hall–Kier alpha value is -2.38. The van der Waals surface area contributed by atoms with Crippen LogP contribution >= 0.6 is 0 Å². The van der Waals surface area contributed by atoms with Gasteiger partial charge in [-0.15, -0.1) is 0 Å². The molecule has 5 aliphatic rings. The van der Waals surface area contributed by atoms with Gasteiger partial charge in [-0.3, -0.25) is 4.79 Å². The molecule has 5 unspecified atom stereocenters. The van der Waals surface area contributed by atoms with Crippen molar-refractivity contribution in [2.24, 2.45) is 34.8 Å². The summed E-state index contributed by atoms with van der Waals surface area (Å²) in [6.45, 7) is 0.423. The average Bonchev–Trinajstić information content (AvgIpc) is 3.06. The molecule has 4 N–H and O–H groups in total. The number of primary amides is 1. The Morgan fingerprint density at radius 3 is 2.62 bits per heavy atom. The molecule has 7 nitrogen and oxygen atoms in total. The zero-order chi connectivity index (χ0) is 20.3. The standard InChI is InChI=1S/C21H27FN4O3/c22-14-2-1-4-24-18(14)25-15-3-5-26(20(28)29)17(15)16-12-6-11-7-13(16)10-21(8-11,9-12)19(23)27/h1-2,4,11-13,15-17H,3,5-10H2,(H2,23,27)(H,24,25)(H,28,29)/t11?,12-,13+,15?,16?,17?,21?. The molecule has 8 heteroatoms. The van der Waals surface area contributed by atoms with Crippen LogP contribution in [0.5, 0.6) is 0 Å². The molecule has 0 radical (unpaired) electrons. The fourth-order valence-corrected chi connectivity index (χ4v) is 7.26. The number of amides is 2. The van der Waals surface area contributed by atoms with Crippen molar-refractivity contribution in [2.45, 2.75) is 50.6 Å². The first-order valence-electron chi connectivity index (χ1n) is 10.5. The van der Waals surface area contributed by atoms with E-state index in [-0.39, 0.29) is 41.6 Å². The summed E-state index contributed by atoms with van der Waals surface area (Å²) in [7, 11) is 0. The van der Waals surface area contributed by atoms with Gasteiger partial charge in [-0.05, 0) is 74.3 Å². The molecule has 0 aromatic carbocycles. The third-order valence-corrected chi connectivity index (χ3v) is 8.04. The lowest BCUT2D eigenvalue weighted by Gasteiger charge is -2.61. The Morgan fingerprint density at radius 1 is 1.28 bits per heavy atom. The number of hydrogen-bond donors (Lipinski definition) is 3. The van der Waals surface area contributed by atoms with Gasteiger partial charge in [-0.25, -0.2) is 14.2 Å². The van der Waals surface area contributed by atoms with Crippen LogP contribution in [0.1, 0.15) is 38.5 Å². The van der Waals surface area contributed by atoms with Crippen LogP contribution in [0.15, 0.2) is 18.3 Å². The number of nitrogens with one attached hydrogen (secondary N) is 1. The lowest BCUT2D eigenvalue weighted by molar-refractivity contribution is -0.154. The summed E-state index contributed by atoms with van der Waals surface area (Å²) >= 11 is 0. The zero-order valence-corrected chi connectivity index (χ0v) is 16.3. The fraction of sp³-hybridized carbons (Fsp3) is 0.667. The van der Waals surface area contributed by atoms with E-state index in [1.165, 1.54) is 23.2 Å². The molecule has 4 saturated carbocycles. The molecule has 29 heavy (non-hydrogen) atoms. The van der Waals surface area contributed by atoms with Gasteiger partial charge < -0.3 is 21.1 Å². The number of nitrogens with zero attached hydrogens (tertiary/aromatic N) is 2. The van der Waals surface area contributed by atoms with Crippen LogP contribution in [0.2, 0.25) is 0 Å². The maximum atomic E-state index is 14.2. The smallest absolute Gasteiger partial charge is 0.407 e. The molecule has 1 saturated heterocycles. The Kier molecular flexibility index (Phi) is 4.22. The van der Waals surface area contributed by atoms with Crippen LogP contribution in [0.25, 0.3) is 0 Å². The van der Waals surface area contributed by atoms with Crippen molar-refractivity contribution < 1.29 is 19.1 Å². The van der Waals surface area contributed by atoms with Gasteiger partial charge in [0.25, 0.3) is 0 Å². The quantitative estimate of drug-likeness (QED) is 0.718. The molecule has 4 bridgehead atoms. The molecule has 7 atom stereocenters. The highest BCUT2D eigenvalue weighted by molar-refractivity contribution is 5.81. The van der Waals surface area contributed by atoms with Gasteiger partial charge in [-0.1, -0.05) is 0 Å². The number of carbonyl (C=O) groups excluding carboxylic acids is 1. The van der Waals surface area contributed by atoms with Crippen LogP contribution in [-0.2, 0) is 4.79 Å². The molecule has 1 aromatic heterocycles. The molecule has 1 aliphatic heterocycles. The van der Waals surface area contributed by atoms with Gasteiger partial charge in [0, 0.05) is 18.2 Å². The number of pyridine rings is 1. The molecule has 2 heterocycles. The maximum Gasteiger partial charge on any atom is 0.407 e. The van der Waals surface area contributed by atoms with Crippen molar-refractivity contribution in [2.75, 3.05) is 11.9 Å². The normalized spacial score (nSPS) is 40.2. The van der Waals surface area contributed by atoms with Crippen LogP contribution in [-0.4, -0.2) is 45.6 Å². The molecule has 2 amide bonds. The molecule has 1 aromatic rings. The van der Waals surface area contributed by atoms with Gasteiger partial charge in [0.15, 0.2) is 11.6 Å². The predicted octanol–water partition coefficient (Wildman–Crippen LogP) is 2.68. The highest BCUT2D eigenvalue weighted by Crippen LogP contribution is 2.63. The van der Waals surface area contributed by atoms with Crippen molar-refractivity contribution in [3.05, 3.63) is 24.1 Å². The van der Waals surface area contributed by atoms with Crippen molar-refractivity contribution in [3.8, 4) is 0 Å². The van der Waals surface area contributed by atoms with Gasteiger partial charge in [-0.2, -0.15) is 0 Å². The van der Waals surface area contributed by atoms with E-state index in [0.717, 1.165) is 32.1 Å². The zero-order valence-electron chi connectivity index (χ0n) is 16.3. The summed E-state index contributed by atoms with van der Waals surface area (Å²) in [4.78, 5) is 29.9. The van der Waals surface area contributed by atoms with Gasteiger partial charge in [0.2, 0.25) is 5.91 Å².